The summed E-state index contributed by atoms with van der Waals surface area (Å²) in [4.78, 5) is 15.2. The van der Waals surface area contributed by atoms with Crippen molar-refractivity contribution in [3.05, 3.63) is 17.8 Å². The lowest BCUT2D eigenvalue weighted by atomic mass is 9.95. The largest absolute Gasteiger partial charge is 0.396 e. The van der Waals surface area contributed by atoms with Crippen molar-refractivity contribution >= 4 is 17.4 Å². The fourth-order valence-corrected chi connectivity index (χ4v) is 2.16. The van der Waals surface area contributed by atoms with Crippen LogP contribution in [0.2, 0.25) is 0 Å². The monoisotopic (exact) mass is 234 g/mol. The van der Waals surface area contributed by atoms with E-state index < -0.39 is 5.91 Å². The summed E-state index contributed by atoms with van der Waals surface area (Å²) in [5.74, 6) is 0.0462. The Labute approximate surface area is 101 Å². The molecular formula is C12H18N4O. The van der Waals surface area contributed by atoms with Gasteiger partial charge in [0.25, 0.3) is 5.91 Å². The maximum absolute atomic E-state index is 11.0. The molecule has 5 nitrogen and oxygen atoms in total. The molecule has 0 atom stereocenters. The molecule has 5 heteroatoms. The highest BCUT2D eigenvalue weighted by Gasteiger charge is 2.15. The molecule has 92 valence electrons. The Balaban J connectivity index is 2.13. The zero-order valence-electron chi connectivity index (χ0n) is 9.78. The van der Waals surface area contributed by atoms with Crippen molar-refractivity contribution in [3.8, 4) is 0 Å². The maximum Gasteiger partial charge on any atom is 0.267 e. The van der Waals surface area contributed by atoms with Crippen molar-refractivity contribution in [2.45, 2.75) is 38.1 Å². The number of nitrogens with one attached hydrogen (secondary N) is 1. The molecule has 17 heavy (non-hydrogen) atoms. The number of amides is 1. The van der Waals surface area contributed by atoms with E-state index in [1.54, 1.807) is 12.1 Å². The number of nitrogens with two attached hydrogens (primary N) is 2. The molecule has 1 amide bonds. The van der Waals surface area contributed by atoms with Crippen LogP contribution in [0.4, 0.5) is 11.5 Å². The molecule has 1 aromatic heterocycles. The van der Waals surface area contributed by atoms with Gasteiger partial charge in [-0.15, -0.1) is 0 Å². The molecule has 0 saturated heterocycles. The highest BCUT2D eigenvalue weighted by molar-refractivity contribution is 5.91. The number of nitrogen functional groups attached to an aromatic ring is 1. The zero-order valence-corrected chi connectivity index (χ0v) is 9.78. The first-order valence-corrected chi connectivity index (χ1v) is 5.99. The Morgan fingerprint density at radius 2 is 2.00 bits per heavy atom. The van der Waals surface area contributed by atoms with E-state index in [2.05, 4.69) is 10.3 Å². The van der Waals surface area contributed by atoms with Crippen LogP contribution in [0.5, 0.6) is 0 Å². The quantitative estimate of drug-likeness (QED) is 0.738. The smallest absolute Gasteiger partial charge is 0.267 e. The van der Waals surface area contributed by atoms with Crippen LogP contribution in [0.15, 0.2) is 12.1 Å². The minimum atomic E-state index is -0.531. The van der Waals surface area contributed by atoms with E-state index >= 15 is 0 Å². The average molecular weight is 234 g/mol. The van der Waals surface area contributed by atoms with Gasteiger partial charge >= 0.3 is 0 Å². The summed E-state index contributed by atoms with van der Waals surface area (Å²) in [6, 6.07) is 3.61. The van der Waals surface area contributed by atoms with Gasteiger partial charge in [-0.25, -0.2) is 4.98 Å². The van der Waals surface area contributed by atoms with Crippen LogP contribution >= 0.6 is 0 Å². The third kappa shape index (κ3) is 2.87. The number of carbonyl (C=O) groups is 1. The molecule has 0 radical (unpaired) electrons. The Morgan fingerprint density at radius 1 is 1.29 bits per heavy atom. The van der Waals surface area contributed by atoms with Gasteiger partial charge in [-0.05, 0) is 25.0 Å². The third-order valence-corrected chi connectivity index (χ3v) is 3.12. The van der Waals surface area contributed by atoms with Gasteiger partial charge in [-0.2, -0.15) is 0 Å². The van der Waals surface area contributed by atoms with Crippen molar-refractivity contribution < 1.29 is 4.79 Å². The van der Waals surface area contributed by atoms with Crippen LogP contribution in [0.3, 0.4) is 0 Å². The van der Waals surface area contributed by atoms with Crippen molar-refractivity contribution in [2.75, 3.05) is 11.1 Å². The maximum atomic E-state index is 11.0. The number of hydrogen-bond donors (Lipinski definition) is 3. The lowest BCUT2D eigenvalue weighted by Crippen LogP contribution is -2.24. The lowest BCUT2D eigenvalue weighted by molar-refractivity contribution is 0.0995. The molecule has 1 fully saturated rings. The van der Waals surface area contributed by atoms with E-state index in [1.807, 2.05) is 0 Å². The summed E-state index contributed by atoms with van der Waals surface area (Å²) in [6.45, 7) is 0. The average Bonchev–Trinajstić information content (AvgIpc) is 2.33. The van der Waals surface area contributed by atoms with Crippen LogP contribution < -0.4 is 16.8 Å². The zero-order chi connectivity index (χ0) is 12.3. The van der Waals surface area contributed by atoms with Crippen LogP contribution in [-0.4, -0.2) is 16.9 Å². The first-order chi connectivity index (χ1) is 8.16. The molecule has 0 spiro atoms. The van der Waals surface area contributed by atoms with E-state index in [4.69, 9.17) is 11.5 Å². The summed E-state index contributed by atoms with van der Waals surface area (Å²) >= 11 is 0. The summed E-state index contributed by atoms with van der Waals surface area (Å²) in [6.07, 6.45) is 6.01. The van der Waals surface area contributed by atoms with E-state index in [-0.39, 0.29) is 5.69 Å². The molecule has 1 heterocycles. The van der Waals surface area contributed by atoms with Crippen LogP contribution in [0.1, 0.15) is 42.6 Å². The summed E-state index contributed by atoms with van der Waals surface area (Å²) in [5.41, 5.74) is 11.8. The number of carbonyl (C=O) groups excluding carboxylic acids is 1. The molecular weight excluding hydrogens is 216 g/mol. The normalized spacial score (nSPS) is 16.7. The summed E-state index contributed by atoms with van der Waals surface area (Å²) in [7, 11) is 0. The minimum Gasteiger partial charge on any atom is -0.396 e. The summed E-state index contributed by atoms with van der Waals surface area (Å²) < 4.78 is 0. The van der Waals surface area contributed by atoms with Crippen molar-refractivity contribution in [2.24, 2.45) is 5.73 Å². The molecule has 0 aromatic carbocycles. The molecule has 5 N–H and O–H groups in total. The molecule has 1 saturated carbocycles. The number of hydrogen-bond acceptors (Lipinski definition) is 4. The summed E-state index contributed by atoms with van der Waals surface area (Å²) in [5, 5.41) is 3.30. The topological polar surface area (TPSA) is 94.0 Å². The highest BCUT2D eigenvalue weighted by Crippen LogP contribution is 2.23. The second-order valence-corrected chi connectivity index (χ2v) is 4.48. The van der Waals surface area contributed by atoms with Crippen molar-refractivity contribution in [1.82, 2.24) is 4.98 Å². The van der Waals surface area contributed by atoms with E-state index in [0.29, 0.717) is 17.5 Å². The molecule has 1 aliphatic rings. The predicted octanol–water partition coefficient (Wildman–Crippen LogP) is 1.51. The second kappa shape index (κ2) is 5.03. The van der Waals surface area contributed by atoms with E-state index in [0.717, 1.165) is 12.8 Å². The fraction of sp³-hybridized carbons (Fsp3) is 0.500. The number of nitrogens with zero attached hydrogens (tertiary/aromatic N) is 1. The van der Waals surface area contributed by atoms with Gasteiger partial charge < -0.3 is 16.8 Å². The van der Waals surface area contributed by atoms with Gasteiger partial charge in [0.1, 0.15) is 11.5 Å². The SMILES string of the molecule is NC(=O)c1ccc(N)c(NC2CCCCC2)n1. The van der Waals surface area contributed by atoms with Crippen molar-refractivity contribution in [3.63, 3.8) is 0 Å². The number of primary amides is 1. The molecule has 0 aliphatic heterocycles. The molecule has 1 aromatic rings. The Bertz CT molecular complexity index is 413. The molecule has 2 rings (SSSR count). The van der Waals surface area contributed by atoms with Gasteiger partial charge in [0.15, 0.2) is 0 Å². The molecule has 0 bridgehead atoms. The van der Waals surface area contributed by atoms with Crippen LogP contribution in [0.25, 0.3) is 0 Å². The second-order valence-electron chi connectivity index (χ2n) is 4.48. The third-order valence-electron chi connectivity index (χ3n) is 3.12. The Hall–Kier alpha value is -1.78. The minimum absolute atomic E-state index is 0.248. The standard InChI is InChI=1S/C12H18N4O/c13-9-6-7-10(11(14)17)16-12(9)15-8-4-2-1-3-5-8/h6-8H,1-5,13H2,(H2,14,17)(H,15,16). The lowest BCUT2D eigenvalue weighted by Gasteiger charge is -2.24. The van der Waals surface area contributed by atoms with Crippen LogP contribution in [0, 0.1) is 0 Å². The van der Waals surface area contributed by atoms with Gasteiger partial charge in [-0.1, -0.05) is 19.3 Å². The fourth-order valence-electron chi connectivity index (χ4n) is 2.16. The highest BCUT2D eigenvalue weighted by atomic mass is 16.1. The number of aromatic nitrogens is 1. The Kier molecular flexibility index (Phi) is 3.46. The first-order valence-electron chi connectivity index (χ1n) is 5.99. The van der Waals surface area contributed by atoms with E-state index in [1.165, 1.54) is 19.3 Å². The number of pyridine rings is 1. The van der Waals surface area contributed by atoms with Gasteiger partial charge in [0.2, 0.25) is 0 Å². The predicted molar refractivity (Wildman–Crippen MR) is 67.7 cm³/mol. The first kappa shape index (κ1) is 11.7. The van der Waals surface area contributed by atoms with Gasteiger partial charge in [0.05, 0.1) is 5.69 Å². The van der Waals surface area contributed by atoms with Gasteiger partial charge in [-0.3, -0.25) is 4.79 Å². The Morgan fingerprint density at radius 3 is 2.65 bits per heavy atom. The number of rotatable bonds is 3. The number of anilines is 2. The van der Waals surface area contributed by atoms with E-state index in [9.17, 15) is 4.79 Å². The van der Waals surface area contributed by atoms with Crippen molar-refractivity contribution in [1.29, 1.82) is 0 Å². The molecule has 1 aliphatic carbocycles. The van der Waals surface area contributed by atoms with Crippen LogP contribution in [-0.2, 0) is 0 Å². The van der Waals surface area contributed by atoms with Gasteiger partial charge in [0, 0.05) is 6.04 Å². The molecule has 0 unspecified atom stereocenters.